The van der Waals surface area contributed by atoms with Crippen LogP contribution < -0.4 is 0 Å². The summed E-state index contributed by atoms with van der Waals surface area (Å²) in [7, 11) is 0. The lowest BCUT2D eigenvalue weighted by atomic mass is 10.0. The zero-order valence-electron chi connectivity index (χ0n) is 74.6. The minimum Gasteiger partial charge on any atom is -0.309 e. The molecule has 6 aromatic heterocycles. The molecule has 0 aliphatic heterocycles. The van der Waals surface area contributed by atoms with Crippen LogP contribution in [0, 0.1) is 19.7 Å². The van der Waals surface area contributed by atoms with Crippen molar-refractivity contribution < 1.29 is 0 Å². The quantitative estimate of drug-likeness (QED) is 0.123. The molecule has 6 heterocycles. The lowest BCUT2D eigenvalue weighted by molar-refractivity contribution is 1.18. The van der Waals surface area contributed by atoms with Gasteiger partial charge in [-0.1, -0.05) is 297 Å². The molecule has 28 rings (SSSR count). The van der Waals surface area contributed by atoms with Crippen LogP contribution in [0.5, 0.6) is 0 Å². The van der Waals surface area contributed by atoms with Gasteiger partial charge in [-0.05, 0) is 270 Å². The van der Waals surface area contributed by atoms with Crippen molar-refractivity contribution in [2.45, 2.75) is 0 Å². The smallest absolute Gasteiger partial charge is 0.188 e. The molecule has 9 heteroatoms. The van der Waals surface area contributed by atoms with E-state index in [9.17, 15) is 0 Å². The van der Waals surface area contributed by atoms with Crippen molar-refractivity contribution in [1.29, 1.82) is 0 Å². The van der Waals surface area contributed by atoms with Gasteiger partial charge in [0.1, 0.15) is 0 Å². The van der Waals surface area contributed by atoms with E-state index < -0.39 is 0 Å². The van der Waals surface area contributed by atoms with E-state index in [1.54, 1.807) is 0 Å². The summed E-state index contributed by atoms with van der Waals surface area (Å²) in [6.07, 6.45) is 0. The van der Waals surface area contributed by atoms with Crippen molar-refractivity contribution in [3.63, 3.8) is 0 Å². The summed E-state index contributed by atoms with van der Waals surface area (Å²) in [5, 5.41) is 21.6. The van der Waals surface area contributed by atoms with Crippen molar-refractivity contribution in [1.82, 2.24) is 27.4 Å². The SMILES string of the molecule is [C-]#[N+]c1ccc2c(c1)c1cc(-c3ccc(-n4c5ccccc5c5ccccc54)cc3)ccc1n2-c1ccc(-c2ccc3ccccc3c2)cc1.[C-]#[N+]c1ccc2c(c1)c1cc(-c3ccc(-n4c5ccccc5c5ccccc54)cc3)ccc1n2-c1cccc2ccccc12.[C-]#[N+]c1ccc2c(c1)c1ccccc1n2-c1ccc(-c2ccc3c(c2)c2ccccc2n3-c2ccc3ccccc3c2)cc1. The van der Waals surface area contributed by atoms with Gasteiger partial charge in [-0.15, -0.1) is 0 Å². The van der Waals surface area contributed by atoms with Crippen LogP contribution in [-0.4, -0.2) is 27.4 Å². The number of nitrogens with zero attached hydrogens (tertiary/aromatic N) is 9. The molecule has 0 radical (unpaired) electrons. The molecule has 0 saturated carbocycles. The third kappa shape index (κ3) is 13.3. The Labute approximate surface area is 794 Å². The minimum absolute atomic E-state index is 0.643. The molecule has 0 aliphatic carbocycles. The lowest BCUT2D eigenvalue weighted by Crippen LogP contribution is -1.95. The largest absolute Gasteiger partial charge is 0.309 e. The summed E-state index contributed by atoms with van der Waals surface area (Å²) < 4.78 is 14.0. The van der Waals surface area contributed by atoms with E-state index in [1.807, 2.05) is 36.4 Å². The maximum Gasteiger partial charge on any atom is 0.188 e. The number of rotatable bonds is 10. The molecule has 0 bridgehead atoms. The van der Waals surface area contributed by atoms with E-state index >= 15 is 0 Å². The van der Waals surface area contributed by atoms with Gasteiger partial charge in [-0.3, -0.25) is 0 Å². The van der Waals surface area contributed by atoms with Crippen LogP contribution >= 0.6 is 0 Å². The molecule has 28 aromatic rings. The lowest BCUT2D eigenvalue weighted by Gasteiger charge is -2.12. The molecule has 0 aliphatic rings. The second-order valence-electron chi connectivity index (χ2n) is 35.5. The zero-order chi connectivity index (χ0) is 91.6. The van der Waals surface area contributed by atoms with Gasteiger partial charge < -0.3 is 27.4 Å². The molecule has 0 N–H and O–H groups in total. The average Bonchev–Trinajstić information content (AvgIpc) is 1.59. The highest BCUT2D eigenvalue weighted by molar-refractivity contribution is 6.17. The normalized spacial score (nSPS) is 11.6. The number of hydrogen-bond donors (Lipinski definition) is 0. The van der Waals surface area contributed by atoms with Gasteiger partial charge in [-0.25, -0.2) is 14.5 Å². The van der Waals surface area contributed by atoms with Crippen LogP contribution in [-0.2, 0) is 0 Å². The van der Waals surface area contributed by atoms with Crippen molar-refractivity contribution >= 4 is 180 Å². The number of aromatic nitrogens is 6. The maximum atomic E-state index is 7.73. The van der Waals surface area contributed by atoms with Gasteiger partial charge in [0.05, 0.1) is 91.6 Å². The fourth-order valence-corrected chi connectivity index (χ4v) is 21.5. The fourth-order valence-electron chi connectivity index (χ4n) is 21.5. The summed E-state index contributed by atoms with van der Waals surface area (Å²) in [6.45, 7) is 22.9. The Hall–Kier alpha value is -19.1. The third-order valence-electron chi connectivity index (χ3n) is 28.0. The number of benzene rings is 22. The van der Waals surface area contributed by atoms with Gasteiger partial charge in [0.15, 0.2) is 17.1 Å². The molecule has 0 amide bonds. The third-order valence-corrected chi connectivity index (χ3v) is 28.0. The Morgan fingerprint density at radius 2 is 0.355 bits per heavy atom. The first kappa shape index (κ1) is 79.8. The summed E-state index contributed by atoms with van der Waals surface area (Å²) in [6, 6.07) is 171. The van der Waals surface area contributed by atoms with E-state index in [-0.39, 0.29) is 0 Å². The molecule has 640 valence electrons. The monoisotopic (exact) mass is 1750 g/mol. The molecule has 0 unspecified atom stereocenters. The summed E-state index contributed by atoms with van der Waals surface area (Å²) in [5.74, 6) is 0. The van der Waals surface area contributed by atoms with Gasteiger partial charge in [-0.2, -0.15) is 0 Å². The predicted molar refractivity (Wildman–Crippen MR) is 578 cm³/mol. The Kier molecular flexibility index (Phi) is 18.9. The minimum atomic E-state index is 0.643. The first-order chi connectivity index (χ1) is 68.3. The van der Waals surface area contributed by atoms with Crippen molar-refractivity contribution in [2.75, 3.05) is 0 Å². The predicted octanol–water partition coefficient (Wildman–Crippen LogP) is 35.4. The standard InChI is InChI=1S/C47H29N3.2C41H25N3/c1-48-37-21-27-47-43(30-37)42-29-36(33-18-24-38(25-19-33)49-44-12-6-4-10-40(44)41-11-5-7-13-45(41)49)20-26-46(42)50(47)39-22-16-32(17-23-39)35-15-14-31-8-2-3-9-34(31)28-35;1-42-31-18-23-41-37(26-31)35-11-5-6-12-38(35)43(41)32-19-14-28(15-20-32)30-17-22-40-36(25-30)34-10-4-7-13-39(34)44(40)33-21-16-27-8-2-3-9-29(27)24-33;1-42-30-20-24-41-36(26-30)35-25-29(19-23-40(35)44(41)37-16-8-10-28-9-2-3-11-32(28)37)27-17-21-31(22-18-27)43-38-14-6-4-12-33(38)34-13-5-7-15-39(34)43/h2-30H;2*2-26H. The van der Waals surface area contributed by atoms with Gasteiger partial charge in [0.2, 0.25) is 0 Å². The molecule has 0 fully saturated rings. The topological polar surface area (TPSA) is 42.7 Å². The van der Waals surface area contributed by atoms with Crippen LogP contribution in [0.3, 0.4) is 0 Å². The Morgan fingerprint density at radius 1 is 0.130 bits per heavy atom. The highest BCUT2D eigenvalue weighted by Crippen LogP contribution is 2.45. The van der Waals surface area contributed by atoms with Crippen LogP contribution in [0.25, 0.3) is 256 Å². The van der Waals surface area contributed by atoms with E-state index in [0.717, 1.165) is 116 Å². The van der Waals surface area contributed by atoms with Crippen LogP contribution in [0.1, 0.15) is 0 Å². The van der Waals surface area contributed by atoms with Gasteiger partial charge >= 0.3 is 0 Å². The summed E-state index contributed by atoms with van der Waals surface area (Å²) in [4.78, 5) is 11.2. The molecule has 0 atom stereocenters. The Balaban J connectivity index is 0.000000107. The second-order valence-corrected chi connectivity index (χ2v) is 35.5. The Bertz CT molecular complexity index is 9890. The highest BCUT2D eigenvalue weighted by atomic mass is 15.0. The molecule has 0 spiro atoms. The Morgan fingerprint density at radius 3 is 0.717 bits per heavy atom. The van der Waals surface area contributed by atoms with E-state index in [4.69, 9.17) is 19.7 Å². The zero-order valence-corrected chi connectivity index (χ0v) is 74.6. The summed E-state index contributed by atoms with van der Waals surface area (Å²) >= 11 is 0. The van der Waals surface area contributed by atoms with Crippen LogP contribution in [0.2, 0.25) is 0 Å². The second kappa shape index (κ2) is 32.7. The molecule has 22 aromatic carbocycles. The highest BCUT2D eigenvalue weighted by Gasteiger charge is 2.23. The van der Waals surface area contributed by atoms with Crippen molar-refractivity contribution in [3.8, 4) is 78.6 Å². The van der Waals surface area contributed by atoms with Crippen molar-refractivity contribution in [3.05, 3.63) is 513 Å². The van der Waals surface area contributed by atoms with Crippen molar-refractivity contribution in [2.24, 2.45) is 0 Å². The van der Waals surface area contributed by atoms with Crippen LogP contribution in [0.4, 0.5) is 17.1 Å². The van der Waals surface area contributed by atoms with Gasteiger partial charge in [0, 0.05) is 82.3 Å². The number of hydrogen-bond acceptors (Lipinski definition) is 0. The first-order valence-corrected chi connectivity index (χ1v) is 46.5. The molecular weight excluding hydrogens is 1680 g/mol. The number of para-hydroxylation sites is 6. The first-order valence-electron chi connectivity index (χ1n) is 46.5. The fraction of sp³-hybridized carbons (Fsp3) is 0. The summed E-state index contributed by atoms with van der Waals surface area (Å²) in [5.41, 5.74) is 32.0. The van der Waals surface area contributed by atoms with E-state index in [1.165, 1.54) is 126 Å². The van der Waals surface area contributed by atoms with E-state index in [0.29, 0.717) is 17.1 Å². The maximum absolute atomic E-state index is 7.73. The van der Waals surface area contributed by atoms with E-state index in [2.05, 4.69) is 485 Å². The molecule has 0 saturated heterocycles. The molecular formula is C129H79N9. The molecule has 138 heavy (non-hydrogen) atoms. The number of fused-ring (bicyclic) bond motifs is 21. The molecule has 9 nitrogen and oxygen atoms in total. The van der Waals surface area contributed by atoms with Crippen LogP contribution in [0.15, 0.2) is 479 Å². The average molecular weight is 1760 g/mol. The van der Waals surface area contributed by atoms with Gasteiger partial charge in [0.25, 0.3) is 0 Å².